The first-order valence-corrected chi connectivity index (χ1v) is 4.75. The fraction of sp³-hybridized carbons (Fsp3) is 0.455. The van der Waals surface area contributed by atoms with Gasteiger partial charge in [0.1, 0.15) is 6.04 Å². The Bertz CT molecular complexity index is 333. The van der Waals surface area contributed by atoms with Crippen molar-refractivity contribution in [2.45, 2.75) is 32.2 Å². The Morgan fingerprint density at radius 1 is 1.31 bits per heavy atom. The van der Waals surface area contributed by atoms with Crippen LogP contribution in [0.3, 0.4) is 0 Å². The SMILES string of the molecule is CC(N=O)c1ccc2c(c1)CCC2. The van der Waals surface area contributed by atoms with E-state index in [1.54, 1.807) is 0 Å². The van der Waals surface area contributed by atoms with Gasteiger partial charge in [-0.15, -0.1) is 0 Å². The molecule has 0 amide bonds. The topological polar surface area (TPSA) is 29.4 Å². The van der Waals surface area contributed by atoms with Gasteiger partial charge in [-0.25, -0.2) is 0 Å². The third-order valence-corrected chi connectivity index (χ3v) is 2.76. The highest BCUT2D eigenvalue weighted by Crippen LogP contribution is 2.26. The van der Waals surface area contributed by atoms with Crippen LogP contribution in [0.2, 0.25) is 0 Å². The highest BCUT2D eigenvalue weighted by Gasteiger charge is 2.13. The van der Waals surface area contributed by atoms with Gasteiger partial charge in [-0.3, -0.25) is 0 Å². The molecule has 1 aromatic rings. The van der Waals surface area contributed by atoms with Crippen LogP contribution in [0.1, 0.15) is 36.1 Å². The van der Waals surface area contributed by atoms with E-state index in [1.165, 1.54) is 24.0 Å². The standard InChI is InChI=1S/C11H13NO/c1-8(12-13)10-6-5-9-3-2-4-11(9)7-10/h5-8H,2-4H2,1H3. The maximum Gasteiger partial charge on any atom is 0.114 e. The summed E-state index contributed by atoms with van der Waals surface area (Å²) in [5.74, 6) is 0. The van der Waals surface area contributed by atoms with E-state index in [1.807, 2.05) is 13.0 Å². The summed E-state index contributed by atoms with van der Waals surface area (Å²) in [7, 11) is 0. The second-order valence-corrected chi connectivity index (χ2v) is 3.66. The van der Waals surface area contributed by atoms with Crippen LogP contribution in [0, 0.1) is 4.91 Å². The zero-order valence-electron chi connectivity index (χ0n) is 7.79. The maximum absolute atomic E-state index is 10.4. The molecule has 1 unspecified atom stereocenters. The van der Waals surface area contributed by atoms with Crippen LogP contribution in [-0.4, -0.2) is 0 Å². The molecule has 68 valence electrons. The average molecular weight is 175 g/mol. The molecule has 2 heteroatoms. The van der Waals surface area contributed by atoms with Crippen molar-refractivity contribution in [1.29, 1.82) is 0 Å². The molecule has 0 aliphatic heterocycles. The fourth-order valence-electron chi connectivity index (χ4n) is 1.91. The summed E-state index contributed by atoms with van der Waals surface area (Å²) in [6, 6.07) is 6.09. The van der Waals surface area contributed by atoms with E-state index in [0.29, 0.717) is 0 Å². The van der Waals surface area contributed by atoms with Crippen molar-refractivity contribution >= 4 is 0 Å². The van der Waals surface area contributed by atoms with E-state index in [4.69, 9.17) is 0 Å². The van der Waals surface area contributed by atoms with Crippen LogP contribution in [0.5, 0.6) is 0 Å². The summed E-state index contributed by atoms with van der Waals surface area (Å²) in [4.78, 5) is 10.4. The Labute approximate surface area is 77.9 Å². The molecule has 0 spiro atoms. The van der Waals surface area contributed by atoms with Crippen molar-refractivity contribution in [3.8, 4) is 0 Å². The zero-order chi connectivity index (χ0) is 9.26. The highest BCUT2D eigenvalue weighted by molar-refractivity contribution is 5.36. The van der Waals surface area contributed by atoms with Gasteiger partial charge in [0.05, 0.1) is 0 Å². The quantitative estimate of drug-likeness (QED) is 0.635. The maximum atomic E-state index is 10.4. The third kappa shape index (κ3) is 1.48. The third-order valence-electron chi connectivity index (χ3n) is 2.76. The predicted octanol–water partition coefficient (Wildman–Crippen LogP) is 3.00. The molecule has 1 aliphatic rings. The molecule has 2 nitrogen and oxygen atoms in total. The molecular weight excluding hydrogens is 162 g/mol. The van der Waals surface area contributed by atoms with E-state index in [2.05, 4.69) is 17.3 Å². The second-order valence-electron chi connectivity index (χ2n) is 3.66. The second kappa shape index (κ2) is 3.29. The largest absolute Gasteiger partial charge is 0.150 e. The van der Waals surface area contributed by atoms with Gasteiger partial charge in [0, 0.05) is 0 Å². The van der Waals surface area contributed by atoms with Crippen LogP contribution in [0.15, 0.2) is 23.4 Å². The fourth-order valence-corrected chi connectivity index (χ4v) is 1.91. The molecule has 0 heterocycles. The van der Waals surface area contributed by atoms with Crippen molar-refractivity contribution in [2.24, 2.45) is 5.18 Å². The zero-order valence-corrected chi connectivity index (χ0v) is 7.79. The summed E-state index contributed by atoms with van der Waals surface area (Å²) in [6.07, 6.45) is 3.61. The van der Waals surface area contributed by atoms with Gasteiger partial charge in [-0.05, 0) is 42.9 Å². The molecule has 1 aromatic carbocycles. The molecule has 1 aliphatic carbocycles. The number of nitroso groups, excluding NO2 is 1. The molecule has 0 bridgehead atoms. The smallest absolute Gasteiger partial charge is 0.114 e. The summed E-state index contributed by atoms with van der Waals surface area (Å²) in [5, 5.41) is 3.03. The Morgan fingerprint density at radius 2 is 2.08 bits per heavy atom. The molecule has 0 radical (unpaired) electrons. The minimum absolute atomic E-state index is 0.203. The average Bonchev–Trinajstić information content (AvgIpc) is 2.63. The van der Waals surface area contributed by atoms with Crippen LogP contribution >= 0.6 is 0 Å². The molecule has 0 N–H and O–H groups in total. The molecule has 0 saturated heterocycles. The normalized spacial score (nSPS) is 16.7. The van der Waals surface area contributed by atoms with E-state index in [0.717, 1.165) is 12.0 Å². The van der Waals surface area contributed by atoms with Gasteiger partial charge in [0.15, 0.2) is 0 Å². The van der Waals surface area contributed by atoms with Crippen molar-refractivity contribution in [2.75, 3.05) is 0 Å². The Hall–Kier alpha value is -1.18. The van der Waals surface area contributed by atoms with Crippen LogP contribution in [0.4, 0.5) is 0 Å². The van der Waals surface area contributed by atoms with Gasteiger partial charge in [-0.2, -0.15) is 4.91 Å². The summed E-state index contributed by atoms with van der Waals surface area (Å²) >= 11 is 0. The number of nitrogens with zero attached hydrogens (tertiary/aromatic N) is 1. The van der Waals surface area contributed by atoms with Crippen molar-refractivity contribution in [3.63, 3.8) is 0 Å². The first-order valence-electron chi connectivity index (χ1n) is 4.75. The summed E-state index contributed by atoms with van der Waals surface area (Å²) in [6.45, 7) is 1.84. The minimum Gasteiger partial charge on any atom is -0.150 e. The summed E-state index contributed by atoms with van der Waals surface area (Å²) < 4.78 is 0. The van der Waals surface area contributed by atoms with Gasteiger partial charge < -0.3 is 0 Å². The van der Waals surface area contributed by atoms with Crippen LogP contribution in [-0.2, 0) is 12.8 Å². The van der Waals surface area contributed by atoms with Gasteiger partial charge in [-0.1, -0.05) is 23.4 Å². The Balaban J connectivity index is 2.35. The van der Waals surface area contributed by atoms with Crippen molar-refractivity contribution in [1.82, 2.24) is 0 Å². The van der Waals surface area contributed by atoms with Crippen LogP contribution < -0.4 is 0 Å². The molecule has 13 heavy (non-hydrogen) atoms. The lowest BCUT2D eigenvalue weighted by Gasteiger charge is -2.05. The number of fused-ring (bicyclic) bond motifs is 1. The van der Waals surface area contributed by atoms with Crippen LogP contribution in [0.25, 0.3) is 0 Å². The predicted molar refractivity (Wildman–Crippen MR) is 52.7 cm³/mol. The Morgan fingerprint density at radius 3 is 2.85 bits per heavy atom. The van der Waals surface area contributed by atoms with Gasteiger partial charge >= 0.3 is 0 Å². The number of aryl methyl sites for hydroxylation is 2. The lowest BCUT2D eigenvalue weighted by Crippen LogP contribution is -1.91. The van der Waals surface area contributed by atoms with Crippen molar-refractivity contribution in [3.05, 3.63) is 39.8 Å². The molecule has 1 atom stereocenters. The first kappa shape index (κ1) is 8.42. The molecule has 2 rings (SSSR count). The lowest BCUT2D eigenvalue weighted by molar-refractivity contribution is 0.809. The highest BCUT2D eigenvalue weighted by atomic mass is 16.3. The van der Waals surface area contributed by atoms with E-state index < -0.39 is 0 Å². The molecule has 0 aromatic heterocycles. The van der Waals surface area contributed by atoms with E-state index in [-0.39, 0.29) is 6.04 Å². The number of benzene rings is 1. The number of hydrogen-bond acceptors (Lipinski definition) is 2. The van der Waals surface area contributed by atoms with E-state index in [9.17, 15) is 4.91 Å². The molecular formula is C11H13NO. The molecule has 0 saturated carbocycles. The van der Waals surface area contributed by atoms with Crippen molar-refractivity contribution < 1.29 is 0 Å². The number of hydrogen-bond donors (Lipinski definition) is 0. The molecule has 0 fully saturated rings. The van der Waals surface area contributed by atoms with Gasteiger partial charge in [0.2, 0.25) is 0 Å². The Kier molecular flexibility index (Phi) is 2.13. The summed E-state index contributed by atoms with van der Waals surface area (Å²) in [5.41, 5.74) is 3.91. The van der Waals surface area contributed by atoms with Gasteiger partial charge in [0.25, 0.3) is 0 Å². The number of rotatable bonds is 2. The van der Waals surface area contributed by atoms with E-state index >= 15 is 0 Å². The first-order chi connectivity index (χ1) is 6.31. The lowest BCUT2D eigenvalue weighted by atomic mass is 10.0. The monoisotopic (exact) mass is 175 g/mol. The minimum atomic E-state index is -0.203.